The van der Waals surface area contributed by atoms with Crippen LogP contribution in [0, 0.1) is 0 Å². The first-order chi connectivity index (χ1) is 18.4. The number of primary amides is 1. The summed E-state index contributed by atoms with van der Waals surface area (Å²) in [5, 5.41) is 23.1. The predicted molar refractivity (Wildman–Crippen MR) is 141 cm³/mol. The summed E-state index contributed by atoms with van der Waals surface area (Å²) in [7, 11) is 0. The molecule has 192 valence electrons. The molecule has 0 saturated carbocycles. The molecule has 5 aromatic rings. The summed E-state index contributed by atoms with van der Waals surface area (Å²) in [6.07, 6.45) is 0.171. The molecule has 14 heteroatoms. The highest BCUT2D eigenvalue weighted by atomic mass is 35.5. The van der Waals surface area contributed by atoms with E-state index in [9.17, 15) is 4.79 Å². The number of fused-ring (bicyclic) bond motifs is 1. The molecule has 6 rings (SSSR count). The molecule has 0 spiro atoms. The van der Waals surface area contributed by atoms with Gasteiger partial charge in [-0.1, -0.05) is 65.7 Å². The van der Waals surface area contributed by atoms with Crippen LogP contribution in [0.1, 0.15) is 18.4 Å². The van der Waals surface area contributed by atoms with E-state index in [-0.39, 0.29) is 0 Å². The van der Waals surface area contributed by atoms with Crippen molar-refractivity contribution in [2.75, 3.05) is 18.0 Å². The lowest BCUT2D eigenvalue weighted by atomic mass is 9.84. The molecule has 1 fully saturated rings. The predicted octanol–water partition coefficient (Wildman–Crippen LogP) is 4.10. The number of piperidine rings is 1. The molecule has 0 atom stereocenters. The molecular formula is C24H20Cl2N10O2. The number of carbonyl (C=O) groups is 1. The number of tetrazole rings is 1. The molecule has 0 radical (unpaired) electrons. The largest absolute Gasteiger partial charge is 0.438 e. The van der Waals surface area contributed by atoms with Gasteiger partial charge in [0, 0.05) is 31.5 Å². The lowest BCUT2D eigenvalue weighted by Gasteiger charge is -2.41. The number of nitrogens with one attached hydrogen (secondary N) is 2. The average Bonchev–Trinajstić information content (AvgIpc) is 3.61. The van der Waals surface area contributed by atoms with Crippen molar-refractivity contribution in [3.63, 3.8) is 0 Å². The zero-order chi connectivity index (χ0) is 26.3. The molecule has 4 N–H and O–H groups in total. The Morgan fingerprint density at radius 2 is 1.79 bits per heavy atom. The minimum atomic E-state index is -0.837. The molecule has 12 nitrogen and oxygen atoms in total. The van der Waals surface area contributed by atoms with Crippen LogP contribution in [0.25, 0.3) is 33.8 Å². The molecule has 0 unspecified atom stereocenters. The van der Waals surface area contributed by atoms with Crippen LogP contribution in [0.3, 0.4) is 0 Å². The summed E-state index contributed by atoms with van der Waals surface area (Å²) in [6.45, 7) is 1.01. The second-order valence-corrected chi connectivity index (χ2v) is 9.57. The highest BCUT2D eigenvalue weighted by Gasteiger charge is 2.40. The number of benzene rings is 2. The van der Waals surface area contributed by atoms with E-state index in [1.807, 2.05) is 41.3 Å². The summed E-state index contributed by atoms with van der Waals surface area (Å²) < 4.78 is 5.68. The van der Waals surface area contributed by atoms with Crippen LogP contribution in [0.2, 0.25) is 10.0 Å². The van der Waals surface area contributed by atoms with E-state index in [4.69, 9.17) is 43.6 Å². The summed E-state index contributed by atoms with van der Waals surface area (Å²) in [4.78, 5) is 23.4. The van der Waals surface area contributed by atoms with Gasteiger partial charge in [-0.05, 0) is 22.1 Å². The van der Waals surface area contributed by atoms with Crippen LogP contribution in [-0.2, 0) is 10.3 Å². The Morgan fingerprint density at radius 1 is 1.00 bits per heavy atom. The van der Waals surface area contributed by atoms with Crippen molar-refractivity contribution in [2.45, 2.75) is 18.4 Å². The van der Waals surface area contributed by atoms with E-state index in [2.05, 4.69) is 30.8 Å². The molecular weight excluding hydrogens is 531 g/mol. The average molecular weight is 551 g/mol. The maximum atomic E-state index is 11.8. The van der Waals surface area contributed by atoms with Gasteiger partial charge in [-0.25, -0.2) is 14.9 Å². The number of ether oxygens (including phenoxy) is 1. The lowest BCUT2D eigenvalue weighted by molar-refractivity contribution is -0.00678. The number of H-pyrrole nitrogens is 2. The van der Waals surface area contributed by atoms with E-state index in [0.717, 1.165) is 5.56 Å². The summed E-state index contributed by atoms with van der Waals surface area (Å²) in [6, 6.07) is 14.9. The van der Waals surface area contributed by atoms with Crippen molar-refractivity contribution in [1.29, 1.82) is 0 Å². The molecule has 1 aliphatic rings. The number of amides is 1. The van der Waals surface area contributed by atoms with Crippen molar-refractivity contribution in [3.8, 4) is 22.8 Å². The third-order valence-electron chi connectivity index (χ3n) is 6.63. The molecule has 4 heterocycles. The minimum absolute atomic E-state index is 0.340. The normalized spacial score (nSPS) is 15.1. The molecule has 1 aliphatic heterocycles. The molecule has 0 bridgehead atoms. The SMILES string of the molecule is NC(=O)OC1(c2ccccc2)CCN(c2nc(-c3nnn[nH]3)c3c(-c4cccc(Cl)c4Cl)n[nH]c3n2)CC1. The number of hydrogen-bond donors (Lipinski definition) is 3. The maximum Gasteiger partial charge on any atom is 0.405 e. The van der Waals surface area contributed by atoms with Crippen molar-refractivity contribution in [2.24, 2.45) is 5.73 Å². The van der Waals surface area contributed by atoms with Gasteiger partial charge in [0.2, 0.25) is 5.95 Å². The number of hydrogen-bond acceptors (Lipinski definition) is 9. The smallest absolute Gasteiger partial charge is 0.405 e. The van der Waals surface area contributed by atoms with Crippen molar-refractivity contribution in [3.05, 3.63) is 64.1 Å². The number of carbonyl (C=O) groups excluding carboxylic acids is 1. The molecule has 0 aliphatic carbocycles. The summed E-state index contributed by atoms with van der Waals surface area (Å²) in [5.41, 5.74) is 7.55. The van der Waals surface area contributed by atoms with Crippen LogP contribution < -0.4 is 10.6 Å². The highest BCUT2D eigenvalue weighted by Crippen LogP contribution is 2.40. The second kappa shape index (κ2) is 9.54. The van der Waals surface area contributed by atoms with Crippen LogP contribution >= 0.6 is 23.2 Å². The topological polar surface area (TPSA) is 164 Å². The first-order valence-corrected chi connectivity index (χ1v) is 12.4. The second-order valence-electron chi connectivity index (χ2n) is 8.79. The zero-order valence-corrected chi connectivity index (χ0v) is 21.2. The van der Waals surface area contributed by atoms with Gasteiger partial charge in [0.25, 0.3) is 0 Å². The fraction of sp³-hybridized carbons (Fsp3) is 0.208. The third-order valence-corrected chi connectivity index (χ3v) is 7.45. The van der Waals surface area contributed by atoms with Gasteiger partial charge < -0.3 is 15.4 Å². The van der Waals surface area contributed by atoms with Crippen LogP contribution in [-0.4, -0.2) is 60.0 Å². The van der Waals surface area contributed by atoms with Gasteiger partial charge in [0.05, 0.1) is 15.4 Å². The fourth-order valence-corrected chi connectivity index (χ4v) is 5.21. The Morgan fingerprint density at radius 3 is 2.50 bits per heavy atom. The van der Waals surface area contributed by atoms with E-state index < -0.39 is 11.7 Å². The van der Waals surface area contributed by atoms with E-state index in [1.165, 1.54) is 0 Å². The van der Waals surface area contributed by atoms with Gasteiger partial charge in [-0.3, -0.25) is 5.10 Å². The molecule has 1 saturated heterocycles. The number of halogens is 2. The maximum absolute atomic E-state index is 11.8. The number of aromatic amines is 2. The number of nitrogens with two attached hydrogens (primary N) is 1. The van der Waals surface area contributed by atoms with Crippen molar-refractivity contribution in [1.82, 2.24) is 40.8 Å². The molecule has 38 heavy (non-hydrogen) atoms. The summed E-state index contributed by atoms with van der Waals surface area (Å²) in [5.74, 6) is 0.782. The van der Waals surface area contributed by atoms with Gasteiger partial charge >= 0.3 is 6.09 Å². The monoisotopic (exact) mass is 550 g/mol. The number of aromatic nitrogens is 8. The number of anilines is 1. The Balaban J connectivity index is 1.40. The standard InChI is InChI=1S/C24H20Cl2N10O2/c25-15-8-4-7-14(17(15)26)18-16-19(21-32-34-35-33-21)28-23(29-20(16)31-30-18)36-11-9-24(10-12-36,38-22(27)37)13-5-2-1-3-6-13/h1-8H,9-12H2,(H2,27,37)(H,28,29,30,31)(H,32,33,34,35). The van der Waals surface area contributed by atoms with Gasteiger partial charge in [-0.15, -0.1) is 5.10 Å². The Hall–Kier alpha value is -4.29. The molecule has 2 aromatic carbocycles. The van der Waals surface area contributed by atoms with Gasteiger partial charge in [-0.2, -0.15) is 10.1 Å². The number of nitrogens with zero attached hydrogens (tertiary/aromatic N) is 7. The van der Waals surface area contributed by atoms with Gasteiger partial charge in [0.1, 0.15) is 17.0 Å². The first-order valence-electron chi connectivity index (χ1n) is 11.7. The first kappa shape index (κ1) is 24.1. The number of rotatable bonds is 5. The van der Waals surface area contributed by atoms with Crippen LogP contribution in [0.5, 0.6) is 0 Å². The van der Waals surface area contributed by atoms with Crippen molar-refractivity contribution >= 4 is 46.3 Å². The van der Waals surface area contributed by atoms with E-state index in [1.54, 1.807) is 12.1 Å². The Kier molecular flexibility index (Phi) is 6.04. The van der Waals surface area contributed by atoms with Crippen molar-refractivity contribution < 1.29 is 9.53 Å². The third kappa shape index (κ3) is 4.17. The van der Waals surface area contributed by atoms with Crippen LogP contribution in [0.15, 0.2) is 48.5 Å². The Bertz CT molecular complexity index is 1620. The molecule has 1 amide bonds. The quantitative estimate of drug-likeness (QED) is 0.292. The van der Waals surface area contributed by atoms with Crippen LogP contribution in [0.4, 0.5) is 10.7 Å². The molecule has 3 aromatic heterocycles. The summed E-state index contributed by atoms with van der Waals surface area (Å²) >= 11 is 12.8. The minimum Gasteiger partial charge on any atom is -0.438 e. The Labute approximate surface area is 225 Å². The van der Waals surface area contributed by atoms with E-state index >= 15 is 0 Å². The fourth-order valence-electron chi connectivity index (χ4n) is 4.82. The van der Waals surface area contributed by atoms with E-state index in [0.29, 0.717) is 75.7 Å². The highest BCUT2D eigenvalue weighted by molar-refractivity contribution is 6.43. The lowest BCUT2D eigenvalue weighted by Crippen LogP contribution is -2.46. The van der Waals surface area contributed by atoms with Gasteiger partial charge in [0.15, 0.2) is 11.5 Å². The zero-order valence-electron chi connectivity index (χ0n) is 19.7.